The van der Waals surface area contributed by atoms with Crippen molar-refractivity contribution in [2.45, 2.75) is 6.54 Å². The van der Waals surface area contributed by atoms with Crippen molar-refractivity contribution in [1.82, 2.24) is 9.78 Å². The Labute approximate surface area is 136 Å². The third kappa shape index (κ3) is 2.64. The Kier molecular flexibility index (Phi) is 4.07. The van der Waals surface area contributed by atoms with Crippen molar-refractivity contribution >= 4 is 0 Å². The van der Waals surface area contributed by atoms with Crippen LogP contribution in [-0.4, -0.2) is 14.9 Å². The normalized spacial score (nSPS) is 10.8. The predicted octanol–water partition coefficient (Wildman–Crippen LogP) is 4.00. The van der Waals surface area contributed by atoms with Crippen LogP contribution in [0.2, 0.25) is 0 Å². The van der Waals surface area contributed by atoms with Gasteiger partial charge >= 0.3 is 0 Å². The second kappa shape index (κ2) is 6.19. The van der Waals surface area contributed by atoms with Gasteiger partial charge in [0.1, 0.15) is 29.6 Å². The number of benzene rings is 2. The summed E-state index contributed by atoms with van der Waals surface area (Å²) in [6.07, 6.45) is 0. The molecule has 7 heteroatoms. The minimum Gasteiger partial charge on any atom is -0.508 e. The largest absolute Gasteiger partial charge is 0.508 e. The van der Waals surface area contributed by atoms with Crippen LogP contribution in [0.4, 0.5) is 8.78 Å². The van der Waals surface area contributed by atoms with Gasteiger partial charge in [0.15, 0.2) is 0 Å². The zero-order valence-electron chi connectivity index (χ0n) is 12.7. The van der Waals surface area contributed by atoms with E-state index >= 15 is 0 Å². The monoisotopic (exact) mass is 329 g/mol. The summed E-state index contributed by atoms with van der Waals surface area (Å²) in [6.45, 7) is -0.273. The first-order valence-electron chi connectivity index (χ1n) is 7.11. The number of halogens is 2. The van der Waals surface area contributed by atoms with Crippen LogP contribution in [-0.2, 0) is 13.6 Å². The summed E-state index contributed by atoms with van der Waals surface area (Å²) in [5.41, 5.74) is 1.08. The standard InChI is InChI=1S/C17H13F2N3O2/c1-22-14(9-20-24)16(15-12(18)3-2-4-13(15)19)17(21-22)10-5-7-11(23)8-6-10/h2-8,23H,9H2,1H3. The van der Waals surface area contributed by atoms with Gasteiger partial charge in [-0.1, -0.05) is 11.2 Å². The molecular weight excluding hydrogens is 316 g/mol. The van der Waals surface area contributed by atoms with E-state index in [9.17, 15) is 18.8 Å². The molecule has 122 valence electrons. The first-order chi connectivity index (χ1) is 11.5. The van der Waals surface area contributed by atoms with Gasteiger partial charge in [0.25, 0.3) is 0 Å². The zero-order valence-corrected chi connectivity index (χ0v) is 12.7. The van der Waals surface area contributed by atoms with Gasteiger partial charge in [0, 0.05) is 18.2 Å². The summed E-state index contributed by atoms with van der Waals surface area (Å²) < 4.78 is 30.0. The molecular formula is C17H13F2N3O2. The highest BCUT2D eigenvalue weighted by atomic mass is 19.1. The molecule has 24 heavy (non-hydrogen) atoms. The van der Waals surface area contributed by atoms with Gasteiger partial charge < -0.3 is 5.11 Å². The molecule has 0 aliphatic heterocycles. The Morgan fingerprint density at radius 3 is 2.29 bits per heavy atom. The van der Waals surface area contributed by atoms with E-state index in [0.717, 1.165) is 12.1 Å². The van der Waals surface area contributed by atoms with Crippen molar-refractivity contribution in [3.05, 3.63) is 64.7 Å². The number of nitrogens with zero attached hydrogens (tertiary/aromatic N) is 3. The first-order valence-corrected chi connectivity index (χ1v) is 7.11. The van der Waals surface area contributed by atoms with E-state index in [1.165, 1.54) is 22.9 Å². The molecule has 5 nitrogen and oxygen atoms in total. The molecule has 0 unspecified atom stereocenters. The number of aryl methyl sites for hydroxylation is 1. The average Bonchev–Trinajstić information content (AvgIpc) is 2.86. The van der Waals surface area contributed by atoms with E-state index in [2.05, 4.69) is 10.3 Å². The molecule has 1 N–H and O–H groups in total. The third-order valence-corrected chi connectivity index (χ3v) is 3.73. The lowest BCUT2D eigenvalue weighted by Crippen LogP contribution is -1.99. The Morgan fingerprint density at radius 1 is 1.08 bits per heavy atom. The molecule has 1 heterocycles. The van der Waals surface area contributed by atoms with E-state index in [-0.39, 0.29) is 23.4 Å². The van der Waals surface area contributed by atoms with E-state index in [1.807, 2.05) is 0 Å². The van der Waals surface area contributed by atoms with Crippen LogP contribution in [0.25, 0.3) is 22.4 Å². The lowest BCUT2D eigenvalue weighted by atomic mass is 9.97. The summed E-state index contributed by atoms with van der Waals surface area (Å²) in [7, 11) is 1.58. The maximum Gasteiger partial charge on any atom is 0.134 e. The SMILES string of the molecule is Cn1nc(-c2ccc(O)cc2)c(-c2c(F)cccc2F)c1CN=O. The Hall–Kier alpha value is -3.09. The second-order valence-corrected chi connectivity index (χ2v) is 5.22. The van der Waals surface area contributed by atoms with Crippen LogP contribution in [0.1, 0.15) is 5.69 Å². The van der Waals surface area contributed by atoms with Gasteiger partial charge in [-0.05, 0) is 36.4 Å². The highest BCUT2D eigenvalue weighted by molar-refractivity contribution is 5.83. The molecule has 0 saturated carbocycles. The van der Waals surface area contributed by atoms with E-state index < -0.39 is 11.6 Å². The molecule has 0 saturated heterocycles. The fourth-order valence-electron chi connectivity index (χ4n) is 2.62. The van der Waals surface area contributed by atoms with Crippen LogP contribution < -0.4 is 0 Å². The number of aromatic nitrogens is 2. The van der Waals surface area contributed by atoms with Crippen LogP contribution in [0.5, 0.6) is 5.75 Å². The molecule has 3 aromatic rings. The topological polar surface area (TPSA) is 67.5 Å². The minimum atomic E-state index is -0.754. The van der Waals surface area contributed by atoms with Crippen molar-refractivity contribution in [3.63, 3.8) is 0 Å². The predicted molar refractivity (Wildman–Crippen MR) is 85.2 cm³/mol. The summed E-state index contributed by atoms with van der Waals surface area (Å²) in [6, 6.07) is 9.61. The molecule has 0 spiro atoms. The van der Waals surface area contributed by atoms with Crippen molar-refractivity contribution in [3.8, 4) is 28.1 Å². The van der Waals surface area contributed by atoms with Crippen molar-refractivity contribution < 1.29 is 13.9 Å². The van der Waals surface area contributed by atoms with E-state index in [0.29, 0.717) is 17.0 Å². The molecule has 1 aromatic heterocycles. The van der Waals surface area contributed by atoms with E-state index in [4.69, 9.17) is 0 Å². The van der Waals surface area contributed by atoms with Gasteiger partial charge in [-0.2, -0.15) is 10.0 Å². The van der Waals surface area contributed by atoms with Crippen LogP contribution in [0.15, 0.2) is 47.6 Å². The summed E-state index contributed by atoms with van der Waals surface area (Å²) in [5.74, 6) is -1.45. The maximum absolute atomic E-state index is 14.3. The average molecular weight is 329 g/mol. The molecule has 0 bridgehead atoms. The number of nitroso groups, excluding NO2 is 1. The number of rotatable bonds is 4. The van der Waals surface area contributed by atoms with Gasteiger partial charge in [-0.3, -0.25) is 4.68 Å². The third-order valence-electron chi connectivity index (χ3n) is 3.73. The molecule has 2 aromatic carbocycles. The van der Waals surface area contributed by atoms with Crippen molar-refractivity contribution in [1.29, 1.82) is 0 Å². The highest BCUT2D eigenvalue weighted by Gasteiger charge is 2.24. The fraction of sp³-hybridized carbons (Fsp3) is 0.118. The van der Waals surface area contributed by atoms with Gasteiger partial charge in [-0.15, -0.1) is 0 Å². The highest BCUT2D eigenvalue weighted by Crippen LogP contribution is 2.38. The zero-order chi connectivity index (χ0) is 17.3. The molecule has 0 amide bonds. The summed E-state index contributed by atoms with van der Waals surface area (Å²) in [4.78, 5) is 10.8. The Morgan fingerprint density at radius 2 is 1.71 bits per heavy atom. The fourth-order valence-corrected chi connectivity index (χ4v) is 2.62. The maximum atomic E-state index is 14.3. The van der Waals surface area contributed by atoms with Crippen molar-refractivity contribution in [2.24, 2.45) is 12.2 Å². The summed E-state index contributed by atoms with van der Waals surface area (Å²) >= 11 is 0. The number of hydrogen-bond donors (Lipinski definition) is 1. The second-order valence-electron chi connectivity index (χ2n) is 5.22. The van der Waals surface area contributed by atoms with Gasteiger partial charge in [-0.25, -0.2) is 8.78 Å². The van der Waals surface area contributed by atoms with Gasteiger partial charge in [0.2, 0.25) is 0 Å². The number of aromatic hydroxyl groups is 1. The van der Waals surface area contributed by atoms with Crippen molar-refractivity contribution in [2.75, 3.05) is 0 Å². The minimum absolute atomic E-state index is 0.0584. The number of phenolic OH excluding ortho intramolecular Hbond substituents is 1. The lowest BCUT2D eigenvalue weighted by Gasteiger charge is -2.08. The molecule has 0 fully saturated rings. The Bertz CT molecular complexity index is 885. The van der Waals surface area contributed by atoms with Crippen LogP contribution in [0, 0.1) is 16.5 Å². The number of phenols is 1. The van der Waals surface area contributed by atoms with Crippen LogP contribution >= 0.6 is 0 Å². The first kappa shape index (κ1) is 15.8. The molecule has 3 rings (SSSR count). The Balaban J connectivity index is 2.33. The quantitative estimate of drug-likeness (QED) is 0.736. The number of hydrogen-bond acceptors (Lipinski definition) is 4. The van der Waals surface area contributed by atoms with Gasteiger partial charge in [0.05, 0.1) is 11.3 Å². The van der Waals surface area contributed by atoms with E-state index in [1.54, 1.807) is 19.2 Å². The molecule has 0 aliphatic rings. The molecule has 0 aliphatic carbocycles. The smallest absolute Gasteiger partial charge is 0.134 e. The van der Waals surface area contributed by atoms with Crippen LogP contribution in [0.3, 0.4) is 0 Å². The molecule has 0 atom stereocenters. The molecule has 0 radical (unpaired) electrons. The summed E-state index contributed by atoms with van der Waals surface area (Å²) in [5, 5.41) is 16.5. The lowest BCUT2D eigenvalue weighted by molar-refractivity contribution is 0.475.